The van der Waals surface area contributed by atoms with E-state index in [4.69, 9.17) is 4.74 Å². The lowest BCUT2D eigenvalue weighted by molar-refractivity contribution is 0.0398. The molecule has 7 nitrogen and oxygen atoms in total. The average molecular weight is 377 g/mol. The summed E-state index contributed by atoms with van der Waals surface area (Å²) in [7, 11) is 0. The Hall–Kier alpha value is -2.65. The van der Waals surface area contributed by atoms with E-state index in [1.807, 2.05) is 0 Å². The topological polar surface area (TPSA) is 79.4 Å². The molecule has 0 spiro atoms. The van der Waals surface area contributed by atoms with E-state index in [9.17, 15) is 13.6 Å². The van der Waals surface area contributed by atoms with Gasteiger partial charge in [-0.15, -0.1) is 0 Å². The number of aromatic nitrogens is 2. The second-order valence-electron chi connectivity index (χ2n) is 6.18. The van der Waals surface area contributed by atoms with Gasteiger partial charge in [-0.2, -0.15) is 0 Å². The molecule has 1 aromatic carbocycles. The second kappa shape index (κ2) is 8.83. The summed E-state index contributed by atoms with van der Waals surface area (Å²) in [6.07, 6.45) is 0. The number of hydrogen-bond donors (Lipinski definition) is 2. The largest absolute Gasteiger partial charge is 0.379 e. The maximum absolute atomic E-state index is 13.3. The van der Waals surface area contributed by atoms with E-state index in [2.05, 4.69) is 25.5 Å². The van der Waals surface area contributed by atoms with Crippen LogP contribution in [0.15, 0.2) is 24.3 Å². The van der Waals surface area contributed by atoms with Gasteiger partial charge in [0.15, 0.2) is 11.6 Å². The smallest absolute Gasteiger partial charge is 0.274 e. The highest BCUT2D eigenvalue weighted by atomic mass is 19.2. The van der Waals surface area contributed by atoms with E-state index >= 15 is 0 Å². The average Bonchev–Trinajstić information content (AvgIpc) is 2.65. The predicted octanol–water partition coefficient (Wildman–Crippen LogP) is 2.06. The third-order valence-electron chi connectivity index (χ3n) is 4.08. The predicted molar refractivity (Wildman–Crippen MR) is 96.8 cm³/mol. The number of ether oxygens (including phenoxy) is 1. The Morgan fingerprint density at radius 3 is 2.70 bits per heavy atom. The van der Waals surface area contributed by atoms with Crippen molar-refractivity contribution in [1.82, 2.24) is 14.9 Å². The molecule has 27 heavy (non-hydrogen) atoms. The third kappa shape index (κ3) is 5.41. The van der Waals surface area contributed by atoms with Crippen molar-refractivity contribution in [2.75, 3.05) is 50.0 Å². The first-order valence-corrected chi connectivity index (χ1v) is 8.67. The van der Waals surface area contributed by atoms with Gasteiger partial charge in [-0.3, -0.25) is 9.69 Å². The zero-order valence-corrected chi connectivity index (χ0v) is 15.0. The minimum absolute atomic E-state index is 0.140. The van der Waals surface area contributed by atoms with Crippen LogP contribution in [0.4, 0.5) is 20.4 Å². The molecule has 9 heteroatoms. The van der Waals surface area contributed by atoms with Crippen molar-refractivity contribution in [2.24, 2.45) is 0 Å². The van der Waals surface area contributed by atoms with E-state index in [0.29, 0.717) is 18.2 Å². The Morgan fingerprint density at radius 2 is 1.96 bits per heavy atom. The number of halogens is 2. The van der Waals surface area contributed by atoms with Crippen molar-refractivity contribution < 1.29 is 18.3 Å². The molecule has 2 N–H and O–H groups in total. The normalized spacial score (nSPS) is 14.8. The van der Waals surface area contributed by atoms with Crippen LogP contribution in [0.5, 0.6) is 0 Å². The van der Waals surface area contributed by atoms with Crippen LogP contribution in [-0.4, -0.2) is 60.2 Å². The van der Waals surface area contributed by atoms with Crippen molar-refractivity contribution in [3.8, 4) is 0 Å². The van der Waals surface area contributed by atoms with Gasteiger partial charge in [-0.25, -0.2) is 18.7 Å². The zero-order chi connectivity index (χ0) is 19.2. The second-order valence-corrected chi connectivity index (χ2v) is 6.18. The van der Waals surface area contributed by atoms with Gasteiger partial charge >= 0.3 is 0 Å². The van der Waals surface area contributed by atoms with E-state index < -0.39 is 17.5 Å². The third-order valence-corrected chi connectivity index (χ3v) is 4.08. The van der Waals surface area contributed by atoms with Crippen molar-refractivity contribution in [3.63, 3.8) is 0 Å². The van der Waals surface area contributed by atoms with Gasteiger partial charge in [0.1, 0.15) is 5.69 Å². The van der Waals surface area contributed by atoms with Crippen LogP contribution in [0.3, 0.4) is 0 Å². The van der Waals surface area contributed by atoms with E-state index in [0.717, 1.165) is 45.0 Å². The van der Waals surface area contributed by atoms with Crippen molar-refractivity contribution in [3.05, 3.63) is 47.3 Å². The molecule has 0 bridgehead atoms. The monoisotopic (exact) mass is 377 g/mol. The van der Waals surface area contributed by atoms with E-state index in [-0.39, 0.29) is 11.4 Å². The van der Waals surface area contributed by atoms with Gasteiger partial charge in [-0.1, -0.05) is 0 Å². The molecule has 0 unspecified atom stereocenters. The molecule has 1 amide bonds. The van der Waals surface area contributed by atoms with E-state index in [1.165, 1.54) is 12.1 Å². The molecule has 0 radical (unpaired) electrons. The highest BCUT2D eigenvalue weighted by Crippen LogP contribution is 2.14. The number of nitrogens with zero attached hydrogens (tertiary/aromatic N) is 3. The van der Waals surface area contributed by atoms with E-state index in [1.54, 1.807) is 6.92 Å². The van der Waals surface area contributed by atoms with Crippen molar-refractivity contribution in [1.29, 1.82) is 0 Å². The molecule has 0 aliphatic carbocycles. The van der Waals surface area contributed by atoms with Crippen LogP contribution in [-0.2, 0) is 4.74 Å². The van der Waals surface area contributed by atoms with Crippen molar-refractivity contribution >= 4 is 17.5 Å². The first-order valence-electron chi connectivity index (χ1n) is 8.67. The molecule has 1 saturated heterocycles. The number of rotatable bonds is 6. The van der Waals surface area contributed by atoms with Crippen LogP contribution in [0.25, 0.3) is 0 Å². The minimum Gasteiger partial charge on any atom is -0.379 e. The lowest BCUT2D eigenvalue weighted by atomic mass is 10.2. The number of nitrogens with one attached hydrogen (secondary N) is 2. The van der Waals surface area contributed by atoms with Gasteiger partial charge < -0.3 is 15.4 Å². The number of carbonyl (C=O) groups excluding carboxylic acids is 1. The summed E-state index contributed by atoms with van der Waals surface area (Å²) < 4.78 is 31.6. The number of carbonyl (C=O) groups is 1. The fraction of sp³-hybridized carbons (Fsp3) is 0.389. The Morgan fingerprint density at radius 1 is 1.19 bits per heavy atom. The number of aryl methyl sites for hydroxylation is 1. The first kappa shape index (κ1) is 19.1. The quantitative estimate of drug-likeness (QED) is 0.802. The van der Waals surface area contributed by atoms with Crippen LogP contribution < -0.4 is 10.6 Å². The van der Waals surface area contributed by atoms with Gasteiger partial charge in [0, 0.05) is 43.6 Å². The molecular weight excluding hydrogens is 356 g/mol. The standard InChI is InChI=1S/C18H21F2N5O2/c1-12-10-16(17(26)23-13-2-3-14(19)15(20)11-13)24-18(22-12)21-4-5-25-6-8-27-9-7-25/h2-3,10-11H,4-9H2,1H3,(H,23,26)(H,21,22,24). The van der Waals surface area contributed by atoms with Crippen LogP contribution in [0, 0.1) is 18.6 Å². The fourth-order valence-electron chi connectivity index (χ4n) is 2.68. The summed E-state index contributed by atoms with van der Waals surface area (Å²) in [5.41, 5.74) is 0.910. The number of hydrogen-bond acceptors (Lipinski definition) is 6. The van der Waals surface area contributed by atoms with Crippen molar-refractivity contribution in [2.45, 2.75) is 6.92 Å². The Bertz CT molecular complexity index is 812. The lowest BCUT2D eigenvalue weighted by Gasteiger charge is -2.26. The number of amides is 1. The molecule has 1 aliphatic heterocycles. The molecule has 1 aromatic heterocycles. The summed E-state index contributed by atoms with van der Waals surface area (Å²) in [5, 5.41) is 5.62. The lowest BCUT2D eigenvalue weighted by Crippen LogP contribution is -2.39. The number of anilines is 2. The van der Waals surface area contributed by atoms with Gasteiger partial charge in [0.2, 0.25) is 5.95 Å². The summed E-state index contributed by atoms with van der Waals surface area (Å²) in [5.74, 6) is -2.18. The molecule has 0 saturated carbocycles. The summed E-state index contributed by atoms with van der Waals surface area (Å²) in [6, 6.07) is 4.69. The molecule has 144 valence electrons. The summed E-state index contributed by atoms with van der Waals surface area (Å²) >= 11 is 0. The maximum atomic E-state index is 13.3. The first-order chi connectivity index (χ1) is 13.0. The molecule has 3 rings (SSSR count). The highest BCUT2D eigenvalue weighted by molar-refractivity contribution is 6.03. The SMILES string of the molecule is Cc1cc(C(=O)Nc2ccc(F)c(F)c2)nc(NCCN2CCOCC2)n1. The zero-order valence-electron chi connectivity index (χ0n) is 15.0. The molecule has 2 aromatic rings. The van der Waals surface area contributed by atoms with Crippen LogP contribution in [0.1, 0.15) is 16.2 Å². The summed E-state index contributed by atoms with van der Waals surface area (Å²) in [4.78, 5) is 23.1. The highest BCUT2D eigenvalue weighted by Gasteiger charge is 2.13. The van der Waals surface area contributed by atoms with Gasteiger partial charge in [0.05, 0.1) is 13.2 Å². The molecule has 0 atom stereocenters. The molecule has 1 aliphatic rings. The Kier molecular flexibility index (Phi) is 6.25. The molecular formula is C18H21F2N5O2. The van der Waals surface area contributed by atoms with Crippen LogP contribution in [0.2, 0.25) is 0 Å². The fourth-order valence-corrected chi connectivity index (χ4v) is 2.68. The Labute approximate surface area is 155 Å². The van der Waals surface area contributed by atoms with Gasteiger partial charge in [-0.05, 0) is 25.1 Å². The molecule has 1 fully saturated rings. The van der Waals surface area contributed by atoms with Crippen LogP contribution >= 0.6 is 0 Å². The minimum atomic E-state index is -1.03. The van der Waals surface area contributed by atoms with Gasteiger partial charge in [0.25, 0.3) is 5.91 Å². The maximum Gasteiger partial charge on any atom is 0.274 e. The molecule has 2 heterocycles. The Balaban J connectivity index is 1.61. The number of benzene rings is 1. The summed E-state index contributed by atoms with van der Waals surface area (Å²) in [6.45, 7) is 6.44. The number of morpholine rings is 1.